The molecule has 2 aliphatic heterocycles. The monoisotopic (exact) mass is 508 g/mol. The Kier molecular flexibility index (Phi) is 11.1. The Balaban J connectivity index is 0.00000392. The molecule has 1 unspecified atom stereocenters. The molecule has 2 amide bonds. The van der Waals surface area contributed by atoms with Crippen molar-refractivity contribution in [1.82, 2.24) is 25.3 Å². The fourth-order valence-electron chi connectivity index (χ4n) is 3.55. The maximum Gasteiger partial charge on any atom is 0.225 e. The van der Waals surface area contributed by atoms with E-state index in [1.54, 1.807) is 6.92 Å². The van der Waals surface area contributed by atoms with E-state index in [1.807, 2.05) is 23.6 Å². The minimum atomic E-state index is 0. The molecule has 1 atom stereocenters. The summed E-state index contributed by atoms with van der Waals surface area (Å²) in [7, 11) is 0. The van der Waals surface area contributed by atoms with Crippen molar-refractivity contribution < 1.29 is 9.59 Å². The number of halogens is 1. The van der Waals surface area contributed by atoms with Crippen LogP contribution in [0.2, 0.25) is 0 Å². The highest BCUT2D eigenvalue weighted by atomic mass is 127. The molecule has 2 rings (SSSR count). The molecule has 2 N–H and O–H groups in total. The van der Waals surface area contributed by atoms with E-state index in [1.165, 1.54) is 0 Å². The van der Waals surface area contributed by atoms with Crippen LogP contribution in [-0.4, -0.2) is 97.4 Å². The summed E-state index contributed by atoms with van der Waals surface area (Å²) in [5, 5.41) is 6.77. The smallest absolute Gasteiger partial charge is 0.225 e. The van der Waals surface area contributed by atoms with E-state index in [4.69, 9.17) is 4.99 Å². The minimum absolute atomic E-state index is 0. The summed E-state index contributed by atoms with van der Waals surface area (Å²) in [5.74, 6) is 1.26. The third-order valence-electron chi connectivity index (χ3n) is 5.18. The van der Waals surface area contributed by atoms with Gasteiger partial charge in [0.15, 0.2) is 5.96 Å². The molecule has 0 aromatic heterocycles. The molecule has 0 saturated carbocycles. The quantitative estimate of drug-likeness (QED) is 0.312. The van der Waals surface area contributed by atoms with Gasteiger partial charge in [0.2, 0.25) is 11.8 Å². The zero-order valence-electron chi connectivity index (χ0n) is 17.7. The van der Waals surface area contributed by atoms with E-state index in [9.17, 15) is 9.59 Å². The number of nitrogens with one attached hydrogen (secondary N) is 2. The number of hydrogen-bond acceptors (Lipinski definition) is 4. The van der Waals surface area contributed by atoms with Crippen molar-refractivity contribution >= 4 is 41.8 Å². The molecule has 2 fully saturated rings. The maximum absolute atomic E-state index is 12.1. The SMILES string of the molecule is CCNC(=NCCN1CCN(C(C)=O)CC1)NC1CCN(C(=O)C(C)C)C1.I. The van der Waals surface area contributed by atoms with Gasteiger partial charge in [0.05, 0.1) is 6.54 Å². The highest BCUT2D eigenvalue weighted by Crippen LogP contribution is 2.12. The van der Waals surface area contributed by atoms with Gasteiger partial charge in [0.25, 0.3) is 0 Å². The van der Waals surface area contributed by atoms with Crippen LogP contribution in [0.15, 0.2) is 4.99 Å². The van der Waals surface area contributed by atoms with E-state index in [-0.39, 0.29) is 47.8 Å². The van der Waals surface area contributed by atoms with Gasteiger partial charge in [-0.15, -0.1) is 24.0 Å². The van der Waals surface area contributed by atoms with Gasteiger partial charge in [-0.25, -0.2) is 0 Å². The summed E-state index contributed by atoms with van der Waals surface area (Å²) in [5.41, 5.74) is 0. The first-order chi connectivity index (χ1) is 12.9. The lowest BCUT2D eigenvalue weighted by Gasteiger charge is -2.33. The molecular weight excluding hydrogens is 471 g/mol. The van der Waals surface area contributed by atoms with Crippen LogP contribution in [0, 0.1) is 5.92 Å². The number of rotatable bonds is 6. The summed E-state index contributed by atoms with van der Waals surface area (Å²) >= 11 is 0. The maximum atomic E-state index is 12.1. The molecule has 2 aliphatic rings. The number of likely N-dealkylation sites (tertiary alicyclic amines) is 1. The van der Waals surface area contributed by atoms with Gasteiger partial charge in [-0.1, -0.05) is 13.8 Å². The van der Waals surface area contributed by atoms with Gasteiger partial charge in [0, 0.05) is 71.2 Å². The summed E-state index contributed by atoms with van der Waals surface area (Å²) < 4.78 is 0. The van der Waals surface area contributed by atoms with Gasteiger partial charge >= 0.3 is 0 Å². The summed E-state index contributed by atoms with van der Waals surface area (Å²) in [4.78, 5) is 34.4. The summed E-state index contributed by atoms with van der Waals surface area (Å²) in [6.07, 6.45) is 0.954. The largest absolute Gasteiger partial charge is 0.357 e. The zero-order valence-corrected chi connectivity index (χ0v) is 20.1. The lowest BCUT2D eigenvalue weighted by atomic mass is 10.2. The van der Waals surface area contributed by atoms with Crippen molar-refractivity contribution in [3.8, 4) is 0 Å². The van der Waals surface area contributed by atoms with Crippen molar-refractivity contribution in [3.05, 3.63) is 0 Å². The van der Waals surface area contributed by atoms with Gasteiger partial charge in [-0.05, 0) is 13.3 Å². The molecule has 0 aromatic rings. The number of aliphatic imine (C=N–C) groups is 1. The van der Waals surface area contributed by atoms with E-state index in [0.29, 0.717) is 0 Å². The summed E-state index contributed by atoms with van der Waals surface area (Å²) in [6, 6.07) is 0.254. The lowest BCUT2D eigenvalue weighted by molar-refractivity contribution is -0.133. The third kappa shape index (κ3) is 7.73. The highest BCUT2D eigenvalue weighted by Gasteiger charge is 2.28. The molecule has 162 valence electrons. The Hall–Kier alpha value is -1.10. The number of hydrogen-bond donors (Lipinski definition) is 2. The van der Waals surface area contributed by atoms with Crippen LogP contribution in [0.1, 0.15) is 34.1 Å². The zero-order chi connectivity index (χ0) is 19.8. The van der Waals surface area contributed by atoms with Gasteiger partial charge in [-0.3, -0.25) is 19.5 Å². The summed E-state index contributed by atoms with van der Waals surface area (Å²) in [6.45, 7) is 15.0. The van der Waals surface area contributed by atoms with Crippen LogP contribution < -0.4 is 10.6 Å². The predicted molar refractivity (Wildman–Crippen MR) is 123 cm³/mol. The average Bonchev–Trinajstić information content (AvgIpc) is 3.10. The van der Waals surface area contributed by atoms with Crippen LogP contribution in [0.5, 0.6) is 0 Å². The Morgan fingerprint density at radius 3 is 2.36 bits per heavy atom. The molecule has 9 heteroatoms. The molecular formula is C19H37IN6O2. The fourth-order valence-corrected chi connectivity index (χ4v) is 3.55. The van der Waals surface area contributed by atoms with E-state index in [2.05, 4.69) is 22.5 Å². The number of guanidine groups is 1. The van der Waals surface area contributed by atoms with E-state index >= 15 is 0 Å². The second-order valence-electron chi connectivity index (χ2n) is 7.68. The molecule has 0 aromatic carbocycles. The van der Waals surface area contributed by atoms with Crippen molar-refractivity contribution in [2.24, 2.45) is 10.9 Å². The molecule has 2 heterocycles. The third-order valence-corrected chi connectivity index (χ3v) is 5.18. The number of carbonyl (C=O) groups excluding carboxylic acids is 2. The molecule has 0 spiro atoms. The first-order valence-corrected chi connectivity index (χ1v) is 10.2. The molecule has 2 saturated heterocycles. The van der Waals surface area contributed by atoms with E-state index in [0.717, 1.165) is 71.3 Å². The van der Waals surface area contributed by atoms with Crippen LogP contribution >= 0.6 is 24.0 Å². The number of amides is 2. The molecule has 0 aliphatic carbocycles. The number of nitrogens with zero attached hydrogens (tertiary/aromatic N) is 4. The average molecular weight is 508 g/mol. The Morgan fingerprint density at radius 2 is 1.79 bits per heavy atom. The van der Waals surface area contributed by atoms with Crippen molar-refractivity contribution in [1.29, 1.82) is 0 Å². The second kappa shape index (κ2) is 12.5. The predicted octanol–water partition coefficient (Wildman–Crippen LogP) is 0.581. The van der Waals surface area contributed by atoms with E-state index < -0.39 is 0 Å². The van der Waals surface area contributed by atoms with Gasteiger partial charge in [0.1, 0.15) is 0 Å². The van der Waals surface area contributed by atoms with Gasteiger partial charge in [-0.2, -0.15) is 0 Å². The first-order valence-electron chi connectivity index (χ1n) is 10.2. The molecule has 0 radical (unpaired) electrons. The number of carbonyl (C=O) groups is 2. The first kappa shape index (κ1) is 24.9. The fraction of sp³-hybridized carbons (Fsp3) is 0.842. The molecule has 8 nitrogen and oxygen atoms in total. The Labute approximate surface area is 186 Å². The minimum Gasteiger partial charge on any atom is -0.357 e. The van der Waals surface area contributed by atoms with Crippen LogP contribution in [0.25, 0.3) is 0 Å². The lowest BCUT2D eigenvalue weighted by Crippen LogP contribution is -2.49. The van der Waals surface area contributed by atoms with Crippen molar-refractivity contribution in [2.75, 3.05) is 58.9 Å². The molecule has 0 bridgehead atoms. The highest BCUT2D eigenvalue weighted by molar-refractivity contribution is 14.0. The molecule has 28 heavy (non-hydrogen) atoms. The van der Waals surface area contributed by atoms with Gasteiger partial charge < -0.3 is 20.4 Å². The number of piperazine rings is 1. The second-order valence-corrected chi connectivity index (χ2v) is 7.68. The van der Waals surface area contributed by atoms with Crippen molar-refractivity contribution in [3.63, 3.8) is 0 Å². The standard InChI is InChI=1S/C19H36N6O2.HI/c1-5-20-19(22-17-6-8-25(14-17)18(27)15(2)3)21-7-9-23-10-12-24(13-11-23)16(4)26;/h15,17H,5-14H2,1-4H3,(H2,20,21,22);1H. The van der Waals surface area contributed by atoms with Crippen molar-refractivity contribution in [2.45, 2.75) is 40.2 Å². The van der Waals surface area contributed by atoms with Crippen LogP contribution in [0.3, 0.4) is 0 Å². The normalized spacial score (nSPS) is 20.9. The topological polar surface area (TPSA) is 80.3 Å². The Morgan fingerprint density at radius 1 is 1.11 bits per heavy atom. The van der Waals surface area contributed by atoms with Crippen LogP contribution in [-0.2, 0) is 9.59 Å². The Bertz CT molecular complexity index is 535. The van der Waals surface area contributed by atoms with Crippen LogP contribution in [0.4, 0.5) is 0 Å².